The number of nitro groups is 1. The lowest BCUT2D eigenvalue weighted by Crippen LogP contribution is -2.43. The van der Waals surface area contributed by atoms with Gasteiger partial charge in [0.25, 0.3) is 5.60 Å². The highest BCUT2D eigenvalue weighted by Gasteiger charge is 2.45. The van der Waals surface area contributed by atoms with E-state index in [9.17, 15) is 20.0 Å². The average molecular weight is 289 g/mol. The molecule has 0 saturated carbocycles. The van der Waals surface area contributed by atoms with Gasteiger partial charge in [-0.3, -0.25) is 10.1 Å². The number of hydrogen-bond acceptors (Lipinski definition) is 5. The summed E-state index contributed by atoms with van der Waals surface area (Å²) in [4.78, 5) is 22.0. The number of esters is 1. The number of carbonyl (C=O) groups excluding carboxylic acids is 1. The molecule has 6 heteroatoms. The molecular weight excluding hydrogens is 274 g/mol. The predicted octanol–water partition coefficient (Wildman–Crippen LogP) is 1.87. The second-order valence-corrected chi connectivity index (χ2v) is 4.63. The van der Waals surface area contributed by atoms with Crippen LogP contribution in [-0.2, 0) is 15.1 Å². The number of rotatable bonds is 5. The third-order valence-corrected chi connectivity index (χ3v) is 3.20. The largest absolute Gasteiger partial charge is 0.463 e. The van der Waals surface area contributed by atoms with Crippen LogP contribution in [0.2, 0.25) is 0 Å². The highest BCUT2D eigenvalue weighted by molar-refractivity contribution is 5.87. The van der Waals surface area contributed by atoms with E-state index in [1.54, 1.807) is 25.1 Å². The quantitative estimate of drug-likeness (QED) is 0.515. The number of hydrogen-bond donors (Lipinski definition) is 1. The van der Waals surface area contributed by atoms with Crippen LogP contribution in [-0.4, -0.2) is 29.2 Å². The number of nitrogens with zero attached hydrogens (tertiary/aromatic N) is 1. The summed E-state index contributed by atoms with van der Waals surface area (Å²) in [7, 11) is 0. The van der Waals surface area contributed by atoms with Crippen molar-refractivity contribution < 1.29 is 19.6 Å². The van der Waals surface area contributed by atoms with Gasteiger partial charge in [0.15, 0.2) is 0 Å². The van der Waals surface area contributed by atoms with Gasteiger partial charge in [0.05, 0.1) is 6.61 Å². The molecule has 21 heavy (non-hydrogen) atoms. The number of ether oxygens (including phenoxy) is 1. The van der Waals surface area contributed by atoms with Crippen LogP contribution in [0.5, 0.6) is 0 Å². The standard InChI is InChI=1S/C15H15NO5/c1-2-21-14(17)15(18,10-16(19)20)13-8-7-11-5-3-4-6-12(11)9-13/h3-9,18H,2,10H2,1H3/t15-/m0/s1. The molecule has 2 aromatic carbocycles. The first-order valence-electron chi connectivity index (χ1n) is 6.48. The number of fused-ring (bicyclic) bond motifs is 1. The molecule has 0 radical (unpaired) electrons. The Morgan fingerprint density at radius 3 is 2.57 bits per heavy atom. The number of carbonyl (C=O) groups is 1. The van der Waals surface area contributed by atoms with Crippen molar-refractivity contribution in [2.24, 2.45) is 0 Å². The summed E-state index contributed by atoms with van der Waals surface area (Å²) in [6.45, 7) is 0.668. The first-order chi connectivity index (χ1) is 9.97. The van der Waals surface area contributed by atoms with Crippen LogP contribution in [0.15, 0.2) is 42.5 Å². The van der Waals surface area contributed by atoms with Gasteiger partial charge in [0.2, 0.25) is 6.54 Å². The minimum atomic E-state index is -2.29. The third kappa shape index (κ3) is 3.00. The second-order valence-electron chi connectivity index (χ2n) is 4.63. The van der Waals surface area contributed by atoms with Gasteiger partial charge in [-0.2, -0.15) is 0 Å². The van der Waals surface area contributed by atoms with E-state index in [2.05, 4.69) is 0 Å². The summed E-state index contributed by atoms with van der Waals surface area (Å²) >= 11 is 0. The Morgan fingerprint density at radius 2 is 1.95 bits per heavy atom. The monoisotopic (exact) mass is 289 g/mol. The maximum Gasteiger partial charge on any atom is 0.349 e. The van der Waals surface area contributed by atoms with Gasteiger partial charge in [-0.05, 0) is 23.8 Å². The molecule has 6 nitrogen and oxygen atoms in total. The summed E-state index contributed by atoms with van der Waals surface area (Å²) < 4.78 is 4.78. The maximum atomic E-state index is 12.0. The van der Waals surface area contributed by atoms with Crippen molar-refractivity contribution in [3.05, 3.63) is 58.1 Å². The van der Waals surface area contributed by atoms with Crippen LogP contribution in [0, 0.1) is 10.1 Å². The zero-order valence-electron chi connectivity index (χ0n) is 11.5. The minimum Gasteiger partial charge on any atom is -0.463 e. The minimum absolute atomic E-state index is 0.0342. The van der Waals surface area contributed by atoms with E-state index < -0.39 is 23.0 Å². The fourth-order valence-electron chi connectivity index (χ4n) is 2.16. The molecule has 2 rings (SSSR count). The van der Waals surface area contributed by atoms with Gasteiger partial charge in [0, 0.05) is 10.5 Å². The van der Waals surface area contributed by atoms with Gasteiger partial charge in [-0.25, -0.2) is 4.79 Å². The van der Waals surface area contributed by atoms with Crippen molar-refractivity contribution in [1.29, 1.82) is 0 Å². The normalized spacial score (nSPS) is 13.6. The van der Waals surface area contributed by atoms with E-state index in [4.69, 9.17) is 4.74 Å². The average Bonchev–Trinajstić information content (AvgIpc) is 2.46. The number of aliphatic hydroxyl groups is 1. The molecule has 0 aliphatic heterocycles. The van der Waals surface area contributed by atoms with E-state index in [0.717, 1.165) is 10.8 Å². The summed E-state index contributed by atoms with van der Waals surface area (Å²) in [6, 6.07) is 12.1. The van der Waals surface area contributed by atoms with Crippen molar-refractivity contribution >= 4 is 16.7 Å². The van der Waals surface area contributed by atoms with Crippen LogP contribution in [0.3, 0.4) is 0 Å². The Labute approximate surface area is 121 Å². The van der Waals surface area contributed by atoms with E-state index in [1.807, 2.05) is 18.2 Å². The molecule has 2 aromatic rings. The van der Waals surface area contributed by atoms with Gasteiger partial charge < -0.3 is 9.84 Å². The molecule has 0 aliphatic rings. The van der Waals surface area contributed by atoms with Gasteiger partial charge in [-0.15, -0.1) is 0 Å². The van der Waals surface area contributed by atoms with Crippen molar-refractivity contribution in [3.8, 4) is 0 Å². The highest BCUT2D eigenvalue weighted by Crippen LogP contribution is 2.27. The van der Waals surface area contributed by atoms with Crippen molar-refractivity contribution in [3.63, 3.8) is 0 Å². The van der Waals surface area contributed by atoms with Crippen LogP contribution >= 0.6 is 0 Å². The molecule has 0 heterocycles. The lowest BCUT2D eigenvalue weighted by molar-refractivity contribution is -0.499. The number of benzene rings is 2. The van der Waals surface area contributed by atoms with Crippen LogP contribution in [0.4, 0.5) is 0 Å². The van der Waals surface area contributed by atoms with Crippen LogP contribution < -0.4 is 0 Å². The summed E-state index contributed by atoms with van der Waals surface area (Å²) in [5.41, 5.74) is -2.14. The Hall–Kier alpha value is -2.47. The fraction of sp³-hybridized carbons (Fsp3) is 0.267. The molecule has 0 bridgehead atoms. The molecule has 0 aromatic heterocycles. The zero-order chi connectivity index (χ0) is 15.5. The summed E-state index contributed by atoms with van der Waals surface area (Å²) in [5, 5.41) is 23.0. The molecule has 0 aliphatic carbocycles. The van der Waals surface area contributed by atoms with Crippen LogP contribution in [0.25, 0.3) is 10.8 Å². The predicted molar refractivity (Wildman–Crippen MR) is 76.3 cm³/mol. The molecule has 1 N–H and O–H groups in total. The second kappa shape index (κ2) is 5.88. The summed E-state index contributed by atoms with van der Waals surface area (Å²) in [5.74, 6) is -1.02. The lowest BCUT2D eigenvalue weighted by Gasteiger charge is -2.22. The molecule has 110 valence electrons. The van der Waals surface area contributed by atoms with E-state index >= 15 is 0 Å². The molecular formula is C15H15NO5. The highest BCUT2D eigenvalue weighted by atomic mass is 16.6. The van der Waals surface area contributed by atoms with Crippen molar-refractivity contribution in [2.45, 2.75) is 12.5 Å². The topological polar surface area (TPSA) is 89.7 Å². The van der Waals surface area contributed by atoms with E-state index in [-0.39, 0.29) is 12.2 Å². The molecule has 1 atom stereocenters. The molecule has 0 amide bonds. The van der Waals surface area contributed by atoms with Gasteiger partial charge in [0.1, 0.15) is 0 Å². The third-order valence-electron chi connectivity index (χ3n) is 3.20. The first kappa shape index (κ1) is 14.9. The zero-order valence-corrected chi connectivity index (χ0v) is 11.5. The maximum absolute atomic E-state index is 12.0. The Balaban J connectivity index is 2.52. The van der Waals surface area contributed by atoms with E-state index in [0.29, 0.717) is 0 Å². The van der Waals surface area contributed by atoms with Gasteiger partial charge >= 0.3 is 5.97 Å². The Kier molecular flexibility index (Phi) is 4.18. The molecule has 0 saturated heterocycles. The Morgan fingerprint density at radius 1 is 1.29 bits per heavy atom. The Bertz CT molecular complexity index is 685. The molecule has 0 unspecified atom stereocenters. The van der Waals surface area contributed by atoms with E-state index in [1.165, 1.54) is 6.07 Å². The first-order valence-corrected chi connectivity index (χ1v) is 6.48. The summed E-state index contributed by atoms with van der Waals surface area (Å²) in [6.07, 6.45) is 0. The van der Waals surface area contributed by atoms with Crippen LogP contribution in [0.1, 0.15) is 12.5 Å². The smallest absolute Gasteiger partial charge is 0.349 e. The molecule has 0 spiro atoms. The van der Waals surface area contributed by atoms with Gasteiger partial charge in [-0.1, -0.05) is 36.4 Å². The molecule has 0 fully saturated rings. The van der Waals surface area contributed by atoms with Crippen molar-refractivity contribution in [1.82, 2.24) is 0 Å². The SMILES string of the molecule is CCOC(=O)[C@](O)(C[N+](=O)[O-])c1ccc2ccccc2c1. The van der Waals surface area contributed by atoms with Crippen molar-refractivity contribution in [2.75, 3.05) is 13.2 Å². The fourth-order valence-corrected chi connectivity index (χ4v) is 2.16. The lowest BCUT2D eigenvalue weighted by atomic mass is 9.92.